The molecule has 0 saturated heterocycles. The monoisotopic (exact) mass is 302 g/mol. The van der Waals surface area contributed by atoms with Crippen LogP contribution in [0.25, 0.3) is 12.3 Å². The zero-order valence-electron chi connectivity index (χ0n) is 12.6. The Balaban J connectivity index is 0.00000106. The molecule has 2 aromatic rings. The van der Waals surface area contributed by atoms with Crippen LogP contribution >= 0.6 is 11.8 Å². The Morgan fingerprint density at radius 2 is 2.10 bits per heavy atom. The SMILES string of the molecule is C=Cn1cnnc1/C=C\CSc1ccccc1CN.CC. The molecule has 0 atom stereocenters. The van der Waals surface area contributed by atoms with E-state index in [1.54, 1.807) is 28.9 Å². The first kappa shape index (κ1) is 17.2. The van der Waals surface area contributed by atoms with E-state index in [1.807, 2.05) is 32.1 Å². The number of hydrogen-bond donors (Lipinski definition) is 1. The summed E-state index contributed by atoms with van der Waals surface area (Å²) in [6.45, 7) is 8.26. The van der Waals surface area contributed by atoms with E-state index < -0.39 is 0 Å². The lowest BCUT2D eigenvalue weighted by Crippen LogP contribution is -1.97. The molecule has 4 nitrogen and oxygen atoms in total. The van der Waals surface area contributed by atoms with Gasteiger partial charge in [-0.05, 0) is 17.7 Å². The molecular weight excluding hydrogens is 280 g/mol. The molecule has 5 heteroatoms. The van der Waals surface area contributed by atoms with Crippen molar-refractivity contribution in [3.63, 3.8) is 0 Å². The molecule has 0 aliphatic rings. The Kier molecular flexibility index (Phi) is 8.16. The maximum absolute atomic E-state index is 5.71. The van der Waals surface area contributed by atoms with E-state index in [-0.39, 0.29) is 0 Å². The quantitative estimate of drug-likeness (QED) is 0.827. The van der Waals surface area contributed by atoms with Crippen LogP contribution in [0, 0.1) is 0 Å². The Hall–Kier alpha value is -1.85. The highest BCUT2D eigenvalue weighted by molar-refractivity contribution is 7.99. The first-order valence-electron chi connectivity index (χ1n) is 6.94. The molecule has 0 bridgehead atoms. The van der Waals surface area contributed by atoms with Gasteiger partial charge in [-0.15, -0.1) is 22.0 Å². The molecule has 1 aromatic carbocycles. The number of aromatic nitrogens is 3. The lowest BCUT2D eigenvalue weighted by molar-refractivity contribution is 1.03. The smallest absolute Gasteiger partial charge is 0.160 e. The van der Waals surface area contributed by atoms with Crippen molar-refractivity contribution in [2.45, 2.75) is 25.3 Å². The molecule has 2 N–H and O–H groups in total. The summed E-state index contributed by atoms with van der Waals surface area (Å²) >= 11 is 1.76. The van der Waals surface area contributed by atoms with Gasteiger partial charge < -0.3 is 5.73 Å². The Morgan fingerprint density at radius 3 is 2.81 bits per heavy atom. The molecule has 0 radical (unpaired) electrons. The van der Waals surface area contributed by atoms with Crippen molar-refractivity contribution in [3.05, 3.63) is 54.6 Å². The van der Waals surface area contributed by atoms with Crippen molar-refractivity contribution in [3.8, 4) is 0 Å². The second-order valence-corrected chi connectivity index (χ2v) is 4.87. The van der Waals surface area contributed by atoms with Gasteiger partial charge in [0.2, 0.25) is 0 Å². The molecule has 1 aromatic heterocycles. The van der Waals surface area contributed by atoms with Gasteiger partial charge in [-0.3, -0.25) is 4.57 Å². The fraction of sp³-hybridized carbons (Fsp3) is 0.250. The number of benzene rings is 1. The van der Waals surface area contributed by atoms with Gasteiger partial charge in [0.1, 0.15) is 6.33 Å². The highest BCUT2D eigenvalue weighted by atomic mass is 32.2. The zero-order valence-corrected chi connectivity index (χ0v) is 13.4. The Bertz CT molecular complexity index is 575. The highest BCUT2D eigenvalue weighted by Gasteiger charge is 1.99. The second-order valence-electron chi connectivity index (χ2n) is 3.80. The third kappa shape index (κ3) is 5.21. The van der Waals surface area contributed by atoms with Crippen molar-refractivity contribution < 1.29 is 0 Å². The average Bonchev–Trinajstić information content (AvgIpc) is 3.01. The van der Waals surface area contributed by atoms with Crippen molar-refractivity contribution in [1.29, 1.82) is 0 Å². The molecule has 0 amide bonds. The molecule has 0 fully saturated rings. The number of thioether (sulfide) groups is 1. The van der Waals surface area contributed by atoms with Gasteiger partial charge in [0.05, 0.1) is 0 Å². The van der Waals surface area contributed by atoms with Crippen LogP contribution in [0.3, 0.4) is 0 Å². The summed E-state index contributed by atoms with van der Waals surface area (Å²) in [5.41, 5.74) is 6.88. The summed E-state index contributed by atoms with van der Waals surface area (Å²) in [5.74, 6) is 1.64. The molecule has 0 unspecified atom stereocenters. The predicted molar refractivity (Wildman–Crippen MR) is 91.8 cm³/mol. The van der Waals surface area contributed by atoms with Crippen molar-refractivity contribution in [1.82, 2.24) is 14.8 Å². The zero-order chi connectivity index (χ0) is 15.5. The highest BCUT2D eigenvalue weighted by Crippen LogP contribution is 2.22. The summed E-state index contributed by atoms with van der Waals surface area (Å²) in [7, 11) is 0. The van der Waals surface area contributed by atoms with Crippen LogP contribution in [0.5, 0.6) is 0 Å². The summed E-state index contributed by atoms with van der Waals surface area (Å²) < 4.78 is 1.77. The molecular formula is C16H22N4S. The summed E-state index contributed by atoms with van der Waals surface area (Å²) in [5, 5.41) is 7.82. The summed E-state index contributed by atoms with van der Waals surface area (Å²) in [6.07, 6.45) is 7.30. The largest absolute Gasteiger partial charge is 0.326 e. The van der Waals surface area contributed by atoms with Crippen LogP contribution in [-0.4, -0.2) is 20.5 Å². The van der Waals surface area contributed by atoms with Crippen LogP contribution in [0.1, 0.15) is 25.2 Å². The van der Waals surface area contributed by atoms with Crippen LogP contribution in [0.15, 0.2) is 48.1 Å². The van der Waals surface area contributed by atoms with Gasteiger partial charge in [-0.25, -0.2) is 0 Å². The molecule has 0 aliphatic heterocycles. The summed E-state index contributed by atoms with van der Waals surface area (Å²) in [6, 6.07) is 8.18. The fourth-order valence-electron chi connectivity index (χ4n) is 1.62. The van der Waals surface area contributed by atoms with E-state index in [0.717, 1.165) is 11.6 Å². The number of nitrogens with two attached hydrogens (primary N) is 1. The van der Waals surface area contributed by atoms with Crippen LogP contribution in [0.4, 0.5) is 0 Å². The first-order chi connectivity index (χ1) is 10.3. The van der Waals surface area contributed by atoms with Gasteiger partial charge in [0, 0.05) is 23.4 Å². The molecule has 0 aliphatic carbocycles. The van der Waals surface area contributed by atoms with Crippen molar-refractivity contribution in [2.24, 2.45) is 5.73 Å². The lowest BCUT2D eigenvalue weighted by atomic mass is 10.2. The number of hydrogen-bond acceptors (Lipinski definition) is 4. The average molecular weight is 302 g/mol. The van der Waals surface area contributed by atoms with Gasteiger partial charge in [-0.1, -0.05) is 44.7 Å². The van der Waals surface area contributed by atoms with Gasteiger partial charge in [0.25, 0.3) is 0 Å². The van der Waals surface area contributed by atoms with E-state index in [9.17, 15) is 0 Å². The third-order valence-electron chi connectivity index (χ3n) is 2.59. The van der Waals surface area contributed by atoms with E-state index in [1.165, 1.54) is 10.5 Å². The minimum atomic E-state index is 0.567. The minimum Gasteiger partial charge on any atom is -0.326 e. The van der Waals surface area contributed by atoms with Gasteiger partial charge >= 0.3 is 0 Å². The number of rotatable bonds is 6. The van der Waals surface area contributed by atoms with Gasteiger partial charge in [0.15, 0.2) is 5.82 Å². The fourth-order valence-corrected chi connectivity index (χ4v) is 2.50. The minimum absolute atomic E-state index is 0.567. The summed E-state index contributed by atoms with van der Waals surface area (Å²) in [4.78, 5) is 1.22. The van der Waals surface area contributed by atoms with Crippen LogP contribution < -0.4 is 5.73 Å². The molecule has 0 spiro atoms. The first-order valence-corrected chi connectivity index (χ1v) is 7.93. The van der Waals surface area contributed by atoms with Crippen LogP contribution in [-0.2, 0) is 6.54 Å². The molecule has 112 valence electrons. The second kappa shape index (κ2) is 9.96. The standard InChI is InChI=1S/C14H16N4S.C2H6/c1-2-18-11-16-17-14(18)8-5-9-19-13-7-4-3-6-12(13)10-15;1-2/h2-8,11H,1,9-10,15H2;1-2H3/b8-5-;. The van der Waals surface area contributed by atoms with E-state index >= 15 is 0 Å². The van der Waals surface area contributed by atoms with E-state index in [4.69, 9.17) is 5.73 Å². The van der Waals surface area contributed by atoms with Crippen molar-refractivity contribution in [2.75, 3.05) is 5.75 Å². The van der Waals surface area contributed by atoms with Crippen molar-refractivity contribution >= 4 is 24.0 Å². The predicted octanol–water partition coefficient (Wildman–Crippen LogP) is 3.67. The normalized spacial score (nSPS) is 10.2. The Morgan fingerprint density at radius 1 is 1.33 bits per heavy atom. The molecule has 2 rings (SSSR count). The topological polar surface area (TPSA) is 56.7 Å². The Labute approximate surface area is 130 Å². The number of nitrogens with zero attached hydrogens (tertiary/aromatic N) is 3. The lowest BCUT2D eigenvalue weighted by Gasteiger charge is -2.04. The molecule has 0 saturated carbocycles. The molecule has 21 heavy (non-hydrogen) atoms. The van der Waals surface area contributed by atoms with E-state index in [2.05, 4.69) is 35.0 Å². The van der Waals surface area contributed by atoms with Gasteiger partial charge in [-0.2, -0.15) is 0 Å². The maximum Gasteiger partial charge on any atom is 0.160 e. The van der Waals surface area contributed by atoms with E-state index in [0.29, 0.717) is 6.54 Å². The third-order valence-corrected chi connectivity index (χ3v) is 3.66. The van der Waals surface area contributed by atoms with Crippen LogP contribution in [0.2, 0.25) is 0 Å². The molecule has 1 heterocycles. The maximum atomic E-state index is 5.71.